The lowest BCUT2D eigenvalue weighted by Crippen LogP contribution is -2.09. The van der Waals surface area contributed by atoms with Crippen LogP contribution in [0.15, 0.2) is 36.4 Å². The summed E-state index contributed by atoms with van der Waals surface area (Å²) in [5, 5.41) is 2.62. The monoisotopic (exact) mass is 293 g/mol. The summed E-state index contributed by atoms with van der Waals surface area (Å²) in [6.07, 6.45) is 2.21. The molecule has 1 rings (SSSR count). The van der Waals surface area contributed by atoms with Crippen molar-refractivity contribution in [2.75, 3.05) is 32.2 Å². The highest BCUT2D eigenvalue weighted by atomic mass is 16.5. The van der Waals surface area contributed by atoms with Gasteiger partial charge in [0.1, 0.15) is 12.4 Å². The number of methoxy groups -OCH3 is 1. The minimum absolute atomic E-state index is 0.273. The first-order chi connectivity index (χ1) is 10.2. The third-order valence-electron chi connectivity index (χ3n) is 2.34. The van der Waals surface area contributed by atoms with Crippen LogP contribution in [-0.2, 0) is 19.1 Å². The molecule has 0 bridgehead atoms. The molecule has 6 nitrogen and oxygen atoms in total. The smallest absolute Gasteiger partial charge is 0.330 e. The Hall–Kier alpha value is -2.34. The molecule has 0 saturated heterocycles. The molecule has 0 aliphatic rings. The Kier molecular flexibility index (Phi) is 7.60. The van der Waals surface area contributed by atoms with E-state index in [1.54, 1.807) is 38.3 Å². The van der Waals surface area contributed by atoms with Gasteiger partial charge < -0.3 is 19.5 Å². The molecule has 0 saturated carbocycles. The first-order valence-electron chi connectivity index (χ1n) is 6.53. The van der Waals surface area contributed by atoms with E-state index in [0.717, 1.165) is 12.2 Å². The van der Waals surface area contributed by atoms with Gasteiger partial charge in [0.05, 0.1) is 13.2 Å². The average Bonchev–Trinajstić information content (AvgIpc) is 2.48. The highest BCUT2D eigenvalue weighted by Crippen LogP contribution is 2.15. The third-order valence-corrected chi connectivity index (χ3v) is 2.34. The van der Waals surface area contributed by atoms with Crippen LogP contribution in [0.3, 0.4) is 0 Å². The second kappa shape index (κ2) is 9.55. The Morgan fingerprint density at radius 3 is 2.48 bits per heavy atom. The number of hydrogen-bond acceptors (Lipinski definition) is 5. The van der Waals surface area contributed by atoms with Crippen molar-refractivity contribution in [3.05, 3.63) is 36.4 Å². The van der Waals surface area contributed by atoms with Gasteiger partial charge in [-0.25, -0.2) is 4.79 Å². The summed E-state index contributed by atoms with van der Waals surface area (Å²) < 4.78 is 14.9. The Morgan fingerprint density at radius 1 is 1.14 bits per heavy atom. The van der Waals surface area contributed by atoms with Crippen molar-refractivity contribution >= 4 is 17.6 Å². The van der Waals surface area contributed by atoms with Crippen molar-refractivity contribution in [3.8, 4) is 5.75 Å². The summed E-state index contributed by atoms with van der Waals surface area (Å²) in [6.45, 7) is 2.94. The summed E-state index contributed by atoms with van der Waals surface area (Å²) in [4.78, 5) is 22.6. The molecule has 0 aromatic heterocycles. The van der Waals surface area contributed by atoms with Crippen LogP contribution in [0.25, 0.3) is 0 Å². The lowest BCUT2D eigenvalue weighted by atomic mass is 10.3. The van der Waals surface area contributed by atoms with Crippen LogP contribution < -0.4 is 10.1 Å². The zero-order chi connectivity index (χ0) is 15.5. The summed E-state index contributed by atoms with van der Waals surface area (Å²) in [6, 6.07) is 6.89. The topological polar surface area (TPSA) is 73.9 Å². The van der Waals surface area contributed by atoms with Crippen LogP contribution in [0.4, 0.5) is 5.69 Å². The van der Waals surface area contributed by atoms with Gasteiger partial charge in [-0.15, -0.1) is 0 Å². The van der Waals surface area contributed by atoms with Gasteiger partial charge in [-0.1, -0.05) is 0 Å². The van der Waals surface area contributed by atoms with Crippen LogP contribution in [0.2, 0.25) is 0 Å². The van der Waals surface area contributed by atoms with Crippen LogP contribution in [0.5, 0.6) is 5.75 Å². The average molecular weight is 293 g/mol. The van der Waals surface area contributed by atoms with Crippen molar-refractivity contribution in [1.29, 1.82) is 0 Å². The van der Waals surface area contributed by atoms with Gasteiger partial charge in [-0.05, 0) is 31.2 Å². The molecule has 1 aromatic rings. The molecule has 0 fully saturated rings. The van der Waals surface area contributed by atoms with E-state index in [1.165, 1.54) is 0 Å². The summed E-state index contributed by atoms with van der Waals surface area (Å²) >= 11 is 0. The molecule has 0 unspecified atom stereocenters. The van der Waals surface area contributed by atoms with Crippen molar-refractivity contribution in [2.24, 2.45) is 0 Å². The molecule has 0 spiro atoms. The number of carbonyl (C=O) groups excluding carboxylic acids is 2. The number of nitrogens with one attached hydrogen (secondary N) is 1. The van der Waals surface area contributed by atoms with Gasteiger partial charge in [0.25, 0.3) is 0 Å². The predicted molar refractivity (Wildman–Crippen MR) is 78.2 cm³/mol. The SMILES string of the molecule is CCOC(=O)/C=C/C(=O)Nc1ccc(OCCOC)cc1. The van der Waals surface area contributed by atoms with E-state index in [2.05, 4.69) is 10.1 Å². The van der Waals surface area contributed by atoms with E-state index < -0.39 is 11.9 Å². The van der Waals surface area contributed by atoms with Crippen LogP contribution in [0.1, 0.15) is 6.92 Å². The Bertz CT molecular complexity index is 481. The van der Waals surface area contributed by atoms with E-state index in [1.807, 2.05) is 0 Å². The number of amides is 1. The van der Waals surface area contributed by atoms with Gasteiger partial charge in [-0.2, -0.15) is 0 Å². The minimum atomic E-state index is -0.547. The minimum Gasteiger partial charge on any atom is -0.491 e. The van der Waals surface area contributed by atoms with Crippen molar-refractivity contribution in [2.45, 2.75) is 6.92 Å². The maximum atomic E-state index is 11.6. The molecule has 0 radical (unpaired) electrons. The predicted octanol–water partition coefficient (Wildman–Crippen LogP) is 1.77. The Labute approximate surface area is 123 Å². The number of esters is 1. The molecule has 114 valence electrons. The van der Waals surface area contributed by atoms with Gasteiger partial charge >= 0.3 is 5.97 Å². The zero-order valence-electron chi connectivity index (χ0n) is 12.1. The van der Waals surface area contributed by atoms with Crippen LogP contribution in [0, 0.1) is 0 Å². The molecule has 0 heterocycles. The molecule has 1 N–H and O–H groups in total. The lowest BCUT2D eigenvalue weighted by molar-refractivity contribution is -0.137. The van der Waals surface area contributed by atoms with E-state index in [4.69, 9.17) is 9.47 Å². The highest BCUT2D eigenvalue weighted by Gasteiger charge is 2.01. The quantitative estimate of drug-likeness (QED) is 0.449. The molecular weight excluding hydrogens is 274 g/mol. The molecule has 0 atom stereocenters. The largest absolute Gasteiger partial charge is 0.491 e. The third kappa shape index (κ3) is 7.12. The Balaban J connectivity index is 2.44. The molecule has 21 heavy (non-hydrogen) atoms. The highest BCUT2D eigenvalue weighted by molar-refractivity contribution is 6.02. The van der Waals surface area contributed by atoms with Gasteiger partial charge in [-0.3, -0.25) is 4.79 Å². The molecule has 1 amide bonds. The normalized spacial score (nSPS) is 10.4. The summed E-state index contributed by atoms with van der Waals surface area (Å²) in [5.41, 5.74) is 0.604. The zero-order valence-corrected chi connectivity index (χ0v) is 12.1. The number of ether oxygens (including phenoxy) is 3. The van der Waals surface area contributed by atoms with Gasteiger partial charge in [0.2, 0.25) is 5.91 Å². The molecule has 0 aliphatic carbocycles. The van der Waals surface area contributed by atoms with E-state index >= 15 is 0 Å². The van der Waals surface area contributed by atoms with Crippen molar-refractivity contribution in [1.82, 2.24) is 0 Å². The standard InChI is InChI=1S/C15H19NO5/c1-3-20-15(18)9-8-14(17)16-12-4-6-13(7-5-12)21-11-10-19-2/h4-9H,3,10-11H2,1-2H3,(H,16,17)/b9-8+. The molecule has 6 heteroatoms. The molecular formula is C15H19NO5. The summed E-state index contributed by atoms with van der Waals surface area (Å²) in [5.74, 6) is -0.266. The maximum Gasteiger partial charge on any atom is 0.330 e. The number of rotatable bonds is 8. The maximum absolute atomic E-state index is 11.6. The molecule has 1 aromatic carbocycles. The second-order valence-electron chi connectivity index (χ2n) is 3.94. The number of anilines is 1. The van der Waals surface area contributed by atoms with Gasteiger partial charge in [0, 0.05) is 24.9 Å². The fraction of sp³-hybridized carbons (Fsp3) is 0.333. The van der Waals surface area contributed by atoms with Crippen LogP contribution >= 0.6 is 0 Å². The fourth-order valence-electron chi connectivity index (χ4n) is 1.40. The lowest BCUT2D eigenvalue weighted by Gasteiger charge is -2.07. The second-order valence-corrected chi connectivity index (χ2v) is 3.94. The van der Waals surface area contributed by atoms with Gasteiger partial charge in [0.15, 0.2) is 0 Å². The van der Waals surface area contributed by atoms with E-state index in [0.29, 0.717) is 24.7 Å². The number of benzene rings is 1. The first-order valence-corrected chi connectivity index (χ1v) is 6.53. The van der Waals surface area contributed by atoms with Crippen molar-refractivity contribution < 1.29 is 23.8 Å². The fourth-order valence-corrected chi connectivity index (χ4v) is 1.40. The van der Waals surface area contributed by atoms with Crippen molar-refractivity contribution in [3.63, 3.8) is 0 Å². The van der Waals surface area contributed by atoms with E-state index in [-0.39, 0.29) is 6.61 Å². The first kappa shape index (κ1) is 16.7. The number of hydrogen-bond donors (Lipinski definition) is 1. The molecule has 0 aliphatic heterocycles. The van der Waals surface area contributed by atoms with E-state index in [9.17, 15) is 9.59 Å². The summed E-state index contributed by atoms with van der Waals surface area (Å²) in [7, 11) is 1.60. The number of carbonyl (C=O) groups is 2. The Morgan fingerprint density at radius 2 is 1.86 bits per heavy atom. The van der Waals surface area contributed by atoms with Crippen LogP contribution in [-0.4, -0.2) is 38.8 Å².